The summed E-state index contributed by atoms with van der Waals surface area (Å²) in [4.78, 5) is 11.5. The highest BCUT2D eigenvalue weighted by Gasteiger charge is 2.50. The predicted molar refractivity (Wildman–Crippen MR) is 65.8 cm³/mol. The maximum Gasteiger partial charge on any atom is 0.417 e. The van der Waals surface area contributed by atoms with Crippen LogP contribution in [-0.2, 0) is 4.79 Å². The van der Waals surface area contributed by atoms with Crippen molar-refractivity contribution in [3.8, 4) is 0 Å². The van der Waals surface area contributed by atoms with Crippen LogP contribution >= 0.6 is 0 Å². The van der Waals surface area contributed by atoms with E-state index in [4.69, 9.17) is 0 Å². The minimum absolute atomic E-state index is 0.438. The van der Waals surface area contributed by atoms with E-state index in [1.807, 2.05) is 6.92 Å². The lowest BCUT2D eigenvalue weighted by atomic mass is 10.0. The molecule has 0 aliphatic heterocycles. The molecule has 1 amide bonds. The molecule has 2 N–H and O–H groups in total. The Hall–Kier alpha value is -1.56. The van der Waals surface area contributed by atoms with Gasteiger partial charge in [0.15, 0.2) is 5.60 Å². The first-order chi connectivity index (χ1) is 8.53. The fraction of sp³-hybridized carbons (Fsp3) is 0.462. The van der Waals surface area contributed by atoms with Crippen LogP contribution in [0.25, 0.3) is 0 Å². The molecule has 0 fully saturated rings. The topological polar surface area (TPSA) is 49.3 Å². The molecule has 0 radical (unpaired) electrons. The molecule has 6 heteroatoms. The lowest BCUT2D eigenvalue weighted by Crippen LogP contribution is -2.44. The van der Waals surface area contributed by atoms with Gasteiger partial charge in [-0.15, -0.1) is 0 Å². The standard InChI is InChI=1S/C13H16F3NO2/c1-8-4-5-10(9(2)6-8)17-11(18)7-12(3,19)13(14,15)16/h4-6,19H,7H2,1-3H3,(H,17,18). The van der Waals surface area contributed by atoms with Crippen molar-refractivity contribution in [2.24, 2.45) is 0 Å². The van der Waals surface area contributed by atoms with Crippen molar-refractivity contribution in [2.75, 3.05) is 5.32 Å². The quantitative estimate of drug-likeness (QED) is 0.891. The van der Waals surface area contributed by atoms with E-state index in [-0.39, 0.29) is 0 Å². The van der Waals surface area contributed by atoms with E-state index in [0.29, 0.717) is 12.6 Å². The zero-order valence-corrected chi connectivity index (χ0v) is 10.9. The molecule has 0 saturated heterocycles. The smallest absolute Gasteiger partial charge is 0.380 e. The first kappa shape index (κ1) is 15.5. The Balaban J connectivity index is 2.76. The van der Waals surface area contributed by atoms with Crippen molar-refractivity contribution < 1.29 is 23.1 Å². The van der Waals surface area contributed by atoms with E-state index in [0.717, 1.165) is 11.1 Å². The number of benzene rings is 1. The van der Waals surface area contributed by atoms with Gasteiger partial charge in [-0.1, -0.05) is 17.7 Å². The van der Waals surface area contributed by atoms with Crippen LogP contribution in [-0.4, -0.2) is 22.8 Å². The van der Waals surface area contributed by atoms with E-state index in [1.165, 1.54) is 0 Å². The van der Waals surface area contributed by atoms with Crippen LogP contribution in [0.4, 0.5) is 18.9 Å². The molecule has 0 bridgehead atoms. The molecule has 0 aromatic heterocycles. The predicted octanol–water partition coefficient (Wildman–Crippen LogP) is 2.95. The summed E-state index contributed by atoms with van der Waals surface area (Å²) in [7, 11) is 0. The number of nitrogens with one attached hydrogen (secondary N) is 1. The molecular weight excluding hydrogens is 259 g/mol. The van der Waals surface area contributed by atoms with Crippen molar-refractivity contribution >= 4 is 11.6 Å². The lowest BCUT2D eigenvalue weighted by molar-refractivity contribution is -0.252. The number of carbonyl (C=O) groups is 1. The van der Waals surface area contributed by atoms with Gasteiger partial charge in [0.05, 0.1) is 6.42 Å². The maximum atomic E-state index is 12.4. The van der Waals surface area contributed by atoms with Crippen LogP contribution in [0.3, 0.4) is 0 Å². The van der Waals surface area contributed by atoms with Gasteiger partial charge in [0.2, 0.25) is 5.91 Å². The molecular formula is C13H16F3NO2. The number of alkyl halides is 3. The molecule has 19 heavy (non-hydrogen) atoms. The number of hydrogen-bond acceptors (Lipinski definition) is 2. The minimum Gasteiger partial charge on any atom is -0.380 e. The van der Waals surface area contributed by atoms with Gasteiger partial charge in [-0.2, -0.15) is 13.2 Å². The number of halogens is 3. The van der Waals surface area contributed by atoms with Gasteiger partial charge in [0.1, 0.15) is 0 Å². The molecule has 3 nitrogen and oxygen atoms in total. The van der Waals surface area contributed by atoms with Crippen LogP contribution < -0.4 is 5.32 Å². The summed E-state index contributed by atoms with van der Waals surface area (Å²) in [5.74, 6) is -0.880. The Kier molecular flexibility index (Phi) is 4.25. The van der Waals surface area contributed by atoms with Gasteiger partial charge >= 0.3 is 6.18 Å². The molecule has 1 aromatic carbocycles. The van der Waals surface area contributed by atoms with Crippen LogP contribution in [0.5, 0.6) is 0 Å². The van der Waals surface area contributed by atoms with Gasteiger partial charge in [0.25, 0.3) is 0 Å². The van der Waals surface area contributed by atoms with Crippen molar-refractivity contribution in [3.63, 3.8) is 0 Å². The second kappa shape index (κ2) is 5.21. The number of rotatable bonds is 3. The second-order valence-electron chi connectivity index (χ2n) is 4.81. The average Bonchev–Trinajstić information content (AvgIpc) is 2.19. The van der Waals surface area contributed by atoms with Crippen molar-refractivity contribution in [1.82, 2.24) is 0 Å². The molecule has 0 saturated carbocycles. The molecule has 0 heterocycles. The number of aryl methyl sites for hydroxylation is 2. The first-order valence-corrected chi connectivity index (χ1v) is 5.69. The molecule has 1 rings (SSSR count). The molecule has 0 aliphatic carbocycles. The van der Waals surface area contributed by atoms with E-state index in [1.54, 1.807) is 25.1 Å². The van der Waals surface area contributed by atoms with Crippen molar-refractivity contribution in [3.05, 3.63) is 29.3 Å². The number of carbonyl (C=O) groups excluding carboxylic acids is 1. The van der Waals surface area contributed by atoms with Gasteiger partial charge in [-0.25, -0.2) is 0 Å². The van der Waals surface area contributed by atoms with Crippen LogP contribution in [0.15, 0.2) is 18.2 Å². The highest BCUT2D eigenvalue weighted by Crippen LogP contribution is 2.32. The SMILES string of the molecule is Cc1ccc(NC(=O)CC(C)(O)C(F)(F)F)c(C)c1. The van der Waals surface area contributed by atoms with Gasteiger partial charge in [-0.3, -0.25) is 4.79 Å². The van der Waals surface area contributed by atoms with E-state index >= 15 is 0 Å². The third-order valence-corrected chi connectivity index (χ3v) is 2.77. The van der Waals surface area contributed by atoms with Crippen molar-refractivity contribution in [1.29, 1.82) is 0 Å². The average molecular weight is 275 g/mol. The number of hydrogen-bond donors (Lipinski definition) is 2. The van der Waals surface area contributed by atoms with Gasteiger partial charge < -0.3 is 10.4 Å². The lowest BCUT2D eigenvalue weighted by Gasteiger charge is -2.25. The van der Waals surface area contributed by atoms with E-state index in [2.05, 4.69) is 5.32 Å². The fourth-order valence-corrected chi connectivity index (χ4v) is 1.56. The highest BCUT2D eigenvalue weighted by molar-refractivity contribution is 5.92. The third-order valence-electron chi connectivity index (χ3n) is 2.77. The molecule has 0 aliphatic rings. The van der Waals surface area contributed by atoms with E-state index < -0.39 is 24.1 Å². The van der Waals surface area contributed by atoms with Crippen LogP contribution in [0, 0.1) is 13.8 Å². The summed E-state index contributed by atoms with van der Waals surface area (Å²) in [6.45, 7) is 4.19. The Morgan fingerprint density at radius 1 is 1.32 bits per heavy atom. The fourth-order valence-electron chi connectivity index (χ4n) is 1.56. The number of anilines is 1. The Labute approximate surface area is 109 Å². The minimum atomic E-state index is -4.84. The van der Waals surface area contributed by atoms with Gasteiger partial charge in [-0.05, 0) is 32.4 Å². The Morgan fingerprint density at radius 3 is 2.37 bits per heavy atom. The molecule has 1 aromatic rings. The molecule has 106 valence electrons. The Bertz CT molecular complexity index is 481. The Morgan fingerprint density at radius 2 is 1.89 bits per heavy atom. The molecule has 1 atom stereocenters. The summed E-state index contributed by atoms with van der Waals surface area (Å²) in [5.41, 5.74) is -0.860. The molecule has 1 unspecified atom stereocenters. The zero-order chi connectivity index (χ0) is 14.8. The monoisotopic (exact) mass is 275 g/mol. The second-order valence-corrected chi connectivity index (χ2v) is 4.81. The number of amides is 1. The normalized spacial score (nSPS) is 14.9. The summed E-state index contributed by atoms with van der Waals surface area (Å²) in [5, 5.41) is 11.6. The highest BCUT2D eigenvalue weighted by atomic mass is 19.4. The zero-order valence-electron chi connectivity index (χ0n) is 10.9. The van der Waals surface area contributed by atoms with Gasteiger partial charge in [0, 0.05) is 5.69 Å². The summed E-state index contributed by atoms with van der Waals surface area (Å²) < 4.78 is 37.3. The molecule has 0 spiro atoms. The van der Waals surface area contributed by atoms with Crippen LogP contribution in [0.1, 0.15) is 24.5 Å². The third kappa shape index (κ3) is 3.96. The summed E-state index contributed by atoms with van der Waals surface area (Å²) in [6.07, 6.45) is -5.88. The van der Waals surface area contributed by atoms with Crippen molar-refractivity contribution in [2.45, 2.75) is 39.0 Å². The number of aliphatic hydroxyl groups is 1. The van der Waals surface area contributed by atoms with E-state index in [9.17, 15) is 23.1 Å². The first-order valence-electron chi connectivity index (χ1n) is 5.69. The largest absolute Gasteiger partial charge is 0.417 e. The maximum absolute atomic E-state index is 12.4. The summed E-state index contributed by atoms with van der Waals surface area (Å²) >= 11 is 0. The van der Waals surface area contributed by atoms with Crippen LogP contribution in [0.2, 0.25) is 0 Å². The summed E-state index contributed by atoms with van der Waals surface area (Å²) in [6, 6.07) is 5.16.